The first-order valence-electron chi connectivity index (χ1n) is 7.29. The van der Waals surface area contributed by atoms with Crippen LogP contribution >= 0.6 is 0 Å². The van der Waals surface area contributed by atoms with Crippen molar-refractivity contribution in [3.63, 3.8) is 0 Å². The molecule has 0 unspecified atom stereocenters. The predicted molar refractivity (Wildman–Crippen MR) is 87.6 cm³/mol. The molecule has 2 N–H and O–H groups in total. The first-order valence-corrected chi connectivity index (χ1v) is 7.29. The summed E-state index contributed by atoms with van der Waals surface area (Å²) < 4.78 is 5.37. The van der Waals surface area contributed by atoms with Gasteiger partial charge in [0.15, 0.2) is 0 Å². The third kappa shape index (κ3) is 3.18. The van der Waals surface area contributed by atoms with Gasteiger partial charge in [0.2, 0.25) is 0 Å². The average Bonchev–Trinajstić information content (AvgIpc) is 3.04. The monoisotopic (exact) mass is 293 g/mol. The molecule has 0 amide bonds. The molecule has 4 heteroatoms. The number of para-hydroxylation sites is 1. The summed E-state index contributed by atoms with van der Waals surface area (Å²) >= 11 is 0. The van der Waals surface area contributed by atoms with E-state index in [-0.39, 0.29) is 0 Å². The fraction of sp³-hybridized carbons (Fsp3) is 0.167. The predicted octanol–water partition coefficient (Wildman–Crippen LogP) is 3.38. The van der Waals surface area contributed by atoms with Crippen molar-refractivity contribution in [3.05, 3.63) is 71.9 Å². The van der Waals surface area contributed by atoms with Gasteiger partial charge in [-0.1, -0.05) is 48.5 Å². The van der Waals surface area contributed by atoms with Gasteiger partial charge in [-0.3, -0.25) is 5.10 Å². The Kier molecular flexibility index (Phi) is 4.51. The van der Waals surface area contributed by atoms with Gasteiger partial charge >= 0.3 is 0 Å². The van der Waals surface area contributed by atoms with E-state index in [4.69, 9.17) is 4.74 Å². The highest BCUT2D eigenvalue weighted by Crippen LogP contribution is 2.21. The minimum atomic E-state index is 0.749. The summed E-state index contributed by atoms with van der Waals surface area (Å²) in [5.41, 5.74) is 4.51. The fourth-order valence-corrected chi connectivity index (χ4v) is 2.48. The van der Waals surface area contributed by atoms with E-state index in [0.29, 0.717) is 0 Å². The maximum absolute atomic E-state index is 5.37. The van der Waals surface area contributed by atoms with Crippen molar-refractivity contribution in [1.29, 1.82) is 0 Å². The van der Waals surface area contributed by atoms with Crippen LogP contribution in [0.15, 0.2) is 60.8 Å². The summed E-state index contributed by atoms with van der Waals surface area (Å²) in [6.07, 6.45) is 1.87. The van der Waals surface area contributed by atoms with Crippen molar-refractivity contribution < 1.29 is 4.74 Å². The second-order valence-corrected chi connectivity index (χ2v) is 5.05. The van der Waals surface area contributed by atoms with Gasteiger partial charge in [0.05, 0.1) is 19.0 Å². The largest absolute Gasteiger partial charge is 0.496 e. The van der Waals surface area contributed by atoms with Gasteiger partial charge < -0.3 is 10.1 Å². The molecule has 0 spiro atoms. The molecule has 0 aliphatic rings. The highest BCUT2D eigenvalue weighted by molar-refractivity contribution is 5.62. The molecule has 3 aromatic rings. The van der Waals surface area contributed by atoms with Crippen molar-refractivity contribution in [2.45, 2.75) is 13.1 Å². The van der Waals surface area contributed by atoms with Crippen LogP contribution in [0.5, 0.6) is 5.75 Å². The minimum absolute atomic E-state index is 0.749. The second-order valence-electron chi connectivity index (χ2n) is 5.05. The number of aromatic nitrogens is 2. The lowest BCUT2D eigenvalue weighted by molar-refractivity contribution is 0.407. The van der Waals surface area contributed by atoms with Gasteiger partial charge in [0.1, 0.15) is 5.75 Å². The van der Waals surface area contributed by atoms with E-state index < -0.39 is 0 Å². The highest BCUT2D eigenvalue weighted by atomic mass is 16.5. The summed E-state index contributed by atoms with van der Waals surface area (Å²) in [5, 5.41) is 10.7. The number of H-pyrrole nitrogens is 1. The number of ether oxygens (including phenoxy) is 1. The molecule has 0 radical (unpaired) electrons. The first-order chi connectivity index (χ1) is 10.9. The van der Waals surface area contributed by atoms with E-state index in [1.54, 1.807) is 7.11 Å². The van der Waals surface area contributed by atoms with Crippen LogP contribution in [-0.2, 0) is 13.1 Å². The Morgan fingerprint density at radius 1 is 0.955 bits per heavy atom. The zero-order valence-electron chi connectivity index (χ0n) is 12.5. The maximum atomic E-state index is 5.37. The van der Waals surface area contributed by atoms with Crippen molar-refractivity contribution in [2.75, 3.05) is 7.11 Å². The van der Waals surface area contributed by atoms with Gasteiger partial charge in [-0.15, -0.1) is 0 Å². The van der Waals surface area contributed by atoms with Gasteiger partial charge in [0, 0.05) is 24.2 Å². The van der Waals surface area contributed by atoms with E-state index in [9.17, 15) is 0 Å². The lowest BCUT2D eigenvalue weighted by Crippen LogP contribution is -2.13. The van der Waals surface area contributed by atoms with Crippen molar-refractivity contribution >= 4 is 0 Å². The van der Waals surface area contributed by atoms with Gasteiger partial charge in [-0.2, -0.15) is 5.10 Å². The Morgan fingerprint density at radius 2 is 1.68 bits per heavy atom. The molecule has 0 saturated carbocycles. The molecule has 0 aliphatic carbocycles. The number of aromatic amines is 1. The number of benzene rings is 2. The summed E-state index contributed by atoms with van der Waals surface area (Å²) in [6.45, 7) is 1.50. The summed E-state index contributed by atoms with van der Waals surface area (Å²) in [6, 6.07) is 18.3. The molecule has 3 rings (SSSR count). The molecule has 0 aliphatic heterocycles. The molecule has 22 heavy (non-hydrogen) atoms. The third-order valence-corrected chi connectivity index (χ3v) is 3.60. The van der Waals surface area contributed by atoms with Gasteiger partial charge in [-0.05, 0) is 11.6 Å². The van der Waals surface area contributed by atoms with Crippen LogP contribution in [0.2, 0.25) is 0 Å². The van der Waals surface area contributed by atoms with E-state index in [1.807, 2.05) is 42.6 Å². The van der Waals surface area contributed by atoms with E-state index >= 15 is 0 Å². The quantitative estimate of drug-likeness (QED) is 0.732. The molecular formula is C18H19N3O. The third-order valence-electron chi connectivity index (χ3n) is 3.60. The van der Waals surface area contributed by atoms with Crippen LogP contribution in [-0.4, -0.2) is 17.3 Å². The van der Waals surface area contributed by atoms with Crippen LogP contribution in [0.1, 0.15) is 11.1 Å². The molecule has 4 nitrogen and oxygen atoms in total. The molecule has 0 saturated heterocycles. The number of hydrogen-bond donors (Lipinski definition) is 2. The lowest BCUT2D eigenvalue weighted by atomic mass is 10.1. The van der Waals surface area contributed by atoms with E-state index in [2.05, 4.69) is 33.7 Å². The number of hydrogen-bond acceptors (Lipinski definition) is 3. The highest BCUT2D eigenvalue weighted by Gasteiger charge is 2.07. The Hall–Kier alpha value is -2.59. The molecule has 2 aromatic carbocycles. The summed E-state index contributed by atoms with van der Waals surface area (Å²) in [7, 11) is 1.70. The number of nitrogens with one attached hydrogen (secondary N) is 2. The molecular weight excluding hydrogens is 274 g/mol. The van der Waals surface area contributed by atoms with E-state index in [0.717, 1.165) is 41.2 Å². The van der Waals surface area contributed by atoms with Crippen molar-refractivity contribution in [1.82, 2.24) is 15.5 Å². The van der Waals surface area contributed by atoms with Crippen LogP contribution in [0.4, 0.5) is 0 Å². The molecule has 112 valence electrons. The normalized spacial score (nSPS) is 10.6. The van der Waals surface area contributed by atoms with Crippen LogP contribution in [0.3, 0.4) is 0 Å². The zero-order valence-corrected chi connectivity index (χ0v) is 12.5. The Balaban J connectivity index is 1.67. The Bertz CT molecular complexity index is 722. The molecule has 1 heterocycles. The van der Waals surface area contributed by atoms with Crippen LogP contribution in [0, 0.1) is 0 Å². The SMILES string of the molecule is COc1ccccc1CNCc1cn[nH]c1-c1ccccc1. The number of methoxy groups -OCH3 is 1. The Labute approximate surface area is 130 Å². The van der Waals surface area contributed by atoms with Gasteiger partial charge in [-0.25, -0.2) is 0 Å². The number of nitrogens with zero attached hydrogens (tertiary/aromatic N) is 1. The zero-order chi connectivity index (χ0) is 15.2. The van der Waals surface area contributed by atoms with Crippen molar-refractivity contribution in [3.8, 4) is 17.0 Å². The fourth-order valence-electron chi connectivity index (χ4n) is 2.48. The number of rotatable bonds is 6. The standard InChI is InChI=1S/C18H19N3O/c1-22-17-10-6-5-9-15(17)11-19-12-16-13-20-21-18(16)14-7-3-2-4-8-14/h2-10,13,19H,11-12H2,1H3,(H,20,21). The first kappa shape index (κ1) is 14.4. The minimum Gasteiger partial charge on any atom is -0.496 e. The molecule has 1 aromatic heterocycles. The second kappa shape index (κ2) is 6.91. The van der Waals surface area contributed by atoms with E-state index in [1.165, 1.54) is 0 Å². The van der Waals surface area contributed by atoms with Crippen molar-refractivity contribution in [2.24, 2.45) is 0 Å². The smallest absolute Gasteiger partial charge is 0.123 e. The van der Waals surface area contributed by atoms with Crippen LogP contribution in [0.25, 0.3) is 11.3 Å². The lowest BCUT2D eigenvalue weighted by Gasteiger charge is -2.09. The summed E-state index contributed by atoms with van der Waals surface area (Å²) in [4.78, 5) is 0. The molecule has 0 fully saturated rings. The average molecular weight is 293 g/mol. The van der Waals surface area contributed by atoms with Crippen LogP contribution < -0.4 is 10.1 Å². The van der Waals surface area contributed by atoms with Gasteiger partial charge in [0.25, 0.3) is 0 Å². The maximum Gasteiger partial charge on any atom is 0.123 e. The molecule has 0 bridgehead atoms. The topological polar surface area (TPSA) is 49.9 Å². The molecule has 0 atom stereocenters. The Morgan fingerprint density at radius 3 is 2.50 bits per heavy atom. The summed E-state index contributed by atoms with van der Waals surface area (Å²) in [5.74, 6) is 0.908.